The molecule has 108 valence electrons. The van der Waals surface area contributed by atoms with Gasteiger partial charge in [0.1, 0.15) is 0 Å². The number of rotatable bonds is 3. The molecule has 0 radical (unpaired) electrons. The van der Waals surface area contributed by atoms with Crippen LogP contribution in [0, 0.1) is 6.92 Å². The van der Waals surface area contributed by atoms with Gasteiger partial charge in [0, 0.05) is 12.1 Å². The first-order valence-electron chi connectivity index (χ1n) is 6.30. The molecule has 0 saturated carbocycles. The van der Waals surface area contributed by atoms with Gasteiger partial charge in [0.15, 0.2) is 0 Å². The molecule has 1 aromatic carbocycles. The lowest BCUT2D eigenvalue weighted by molar-refractivity contribution is 0.361. The third-order valence-corrected chi connectivity index (χ3v) is 4.76. The number of hydrogen-bond acceptors (Lipinski definition) is 3. The Balaban J connectivity index is 0.00000180. The van der Waals surface area contributed by atoms with E-state index in [9.17, 15) is 8.42 Å². The Hall–Kier alpha value is -0.620. The number of aryl methyl sites for hydroxylation is 1. The fourth-order valence-electron chi connectivity index (χ4n) is 2.31. The van der Waals surface area contributed by atoms with Gasteiger partial charge in [0.05, 0.1) is 4.90 Å². The summed E-state index contributed by atoms with van der Waals surface area (Å²) in [7, 11) is -3.38. The molecular weight excluding hydrogens is 284 g/mol. The average Bonchev–Trinajstić information content (AvgIpc) is 2.28. The zero-order valence-electron chi connectivity index (χ0n) is 11.2. The molecule has 1 fully saturated rings. The fraction of sp³-hybridized carbons (Fsp3) is 0.538. The lowest BCUT2D eigenvalue weighted by Gasteiger charge is -2.28. The zero-order chi connectivity index (χ0) is 13.2. The van der Waals surface area contributed by atoms with E-state index in [2.05, 4.69) is 17.0 Å². The van der Waals surface area contributed by atoms with Crippen molar-refractivity contribution in [3.63, 3.8) is 0 Å². The summed E-state index contributed by atoms with van der Waals surface area (Å²) < 4.78 is 27.3. The average molecular weight is 305 g/mol. The molecule has 0 aliphatic carbocycles. The lowest BCUT2D eigenvalue weighted by atomic mass is 10.0. The Morgan fingerprint density at radius 3 is 2.74 bits per heavy atom. The van der Waals surface area contributed by atoms with Crippen LogP contribution in [0.4, 0.5) is 0 Å². The van der Waals surface area contributed by atoms with E-state index in [0.29, 0.717) is 10.9 Å². The third-order valence-electron chi connectivity index (χ3n) is 3.25. The summed E-state index contributed by atoms with van der Waals surface area (Å²) >= 11 is 0. The van der Waals surface area contributed by atoms with Gasteiger partial charge in [-0.3, -0.25) is 0 Å². The molecule has 2 atom stereocenters. The standard InChI is InChI=1S/C13H20N2O2S.ClH/c1-10-4-3-5-13(8-10)18(16,17)15-12-6-7-14-11(2)9-12;/h3-5,8,11-12,14-15H,6-7,9H2,1-2H3;1H. The van der Waals surface area contributed by atoms with Crippen molar-refractivity contribution in [1.29, 1.82) is 0 Å². The van der Waals surface area contributed by atoms with Crippen LogP contribution in [0.2, 0.25) is 0 Å². The summed E-state index contributed by atoms with van der Waals surface area (Å²) in [6.45, 7) is 4.83. The highest BCUT2D eigenvalue weighted by atomic mass is 35.5. The number of nitrogens with one attached hydrogen (secondary N) is 2. The van der Waals surface area contributed by atoms with Crippen molar-refractivity contribution in [3.8, 4) is 0 Å². The van der Waals surface area contributed by atoms with Gasteiger partial charge in [-0.2, -0.15) is 0 Å². The van der Waals surface area contributed by atoms with Crippen LogP contribution in [-0.2, 0) is 10.0 Å². The van der Waals surface area contributed by atoms with E-state index in [1.807, 2.05) is 13.0 Å². The maximum absolute atomic E-state index is 12.2. The van der Waals surface area contributed by atoms with Crippen molar-refractivity contribution in [2.45, 2.75) is 43.7 Å². The Morgan fingerprint density at radius 1 is 1.37 bits per heavy atom. The minimum absolute atomic E-state index is 0. The second-order valence-corrected chi connectivity index (χ2v) is 6.73. The number of halogens is 1. The Kier molecular flexibility index (Phi) is 5.80. The van der Waals surface area contributed by atoms with E-state index in [4.69, 9.17) is 0 Å². The van der Waals surface area contributed by atoms with Crippen LogP contribution in [0.3, 0.4) is 0 Å². The highest BCUT2D eigenvalue weighted by molar-refractivity contribution is 7.89. The van der Waals surface area contributed by atoms with Gasteiger partial charge in [-0.15, -0.1) is 12.4 Å². The van der Waals surface area contributed by atoms with Crippen LogP contribution in [0.15, 0.2) is 29.2 Å². The maximum Gasteiger partial charge on any atom is 0.240 e. The molecule has 1 aliphatic rings. The summed E-state index contributed by atoms with van der Waals surface area (Å²) in [5, 5.41) is 3.31. The molecule has 0 bridgehead atoms. The minimum atomic E-state index is -3.38. The van der Waals surface area contributed by atoms with Crippen molar-refractivity contribution in [1.82, 2.24) is 10.0 Å². The van der Waals surface area contributed by atoms with Crippen LogP contribution in [-0.4, -0.2) is 27.0 Å². The zero-order valence-corrected chi connectivity index (χ0v) is 12.9. The normalized spacial score (nSPS) is 23.7. The molecule has 6 heteroatoms. The molecule has 4 nitrogen and oxygen atoms in total. The second-order valence-electron chi connectivity index (χ2n) is 5.01. The van der Waals surface area contributed by atoms with Crippen LogP contribution in [0.1, 0.15) is 25.3 Å². The molecule has 1 aromatic rings. The number of sulfonamides is 1. The van der Waals surface area contributed by atoms with Gasteiger partial charge in [-0.1, -0.05) is 12.1 Å². The van der Waals surface area contributed by atoms with E-state index < -0.39 is 10.0 Å². The Labute approximate surface area is 121 Å². The smallest absolute Gasteiger partial charge is 0.240 e. The predicted molar refractivity (Wildman–Crippen MR) is 79.2 cm³/mol. The molecule has 0 spiro atoms. The fourth-order valence-corrected chi connectivity index (χ4v) is 3.70. The highest BCUT2D eigenvalue weighted by Gasteiger charge is 2.24. The van der Waals surface area contributed by atoms with Crippen molar-refractivity contribution in [3.05, 3.63) is 29.8 Å². The number of hydrogen-bond donors (Lipinski definition) is 2. The molecule has 0 amide bonds. The molecular formula is C13H21ClN2O2S. The van der Waals surface area contributed by atoms with E-state index in [0.717, 1.165) is 24.9 Å². The number of benzene rings is 1. The first-order valence-corrected chi connectivity index (χ1v) is 7.78. The minimum Gasteiger partial charge on any atom is -0.314 e. The summed E-state index contributed by atoms with van der Waals surface area (Å²) in [4.78, 5) is 0.355. The van der Waals surface area contributed by atoms with Crippen LogP contribution in [0.25, 0.3) is 0 Å². The predicted octanol–water partition coefficient (Wildman–Crippen LogP) is 1.84. The van der Waals surface area contributed by atoms with Gasteiger partial charge in [0.2, 0.25) is 10.0 Å². The van der Waals surface area contributed by atoms with Gasteiger partial charge in [-0.25, -0.2) is 13.1 Å². The SMILES string of the molecule is Cc1cccc(S(=O)(=O)NC2CCNC(C)C2)c1.Cl. The van der Waals surface area contributed by atoms with E-state index in [1.165, 1.54) is 0 Å². The van der Waals surface area contributed by atoms with Crippen LogP contribution >= 0.6 is 12.4 Å². The maximum atomic E-state index is 12.2. The Morgan fingerprint density at radius 2 is 2.11 bits per heavy atom. The Bertz CT molecular complexity index is 519. The summed E-state index contributed by atoms with van der Waals surface area (Å²) in [6, 6.07) is 7.41. The van der Waals surface area contributed by atoms with E-state index in [1.54, 1.807) is 18.2 Å². The topological polar surface area (TPSA) is 58.2 Å². The molecule has 1 aliphatic heterocycles. The van der Waals surface area contributed by atoms with Crippen LogP contribution < -0.4 is 10.0 Å². The first-order chi connectivity index (χ1) is 8.47. The van der Waals surface area contributed by atoms with E-state index >= 15 is 0 Å². The van der Waals surface area contributed by atoms with Gasteiger partial charge >= 0.3 is 0 Å². The van der Waals surface area contributed by atoms with Gasteiger partial charge in [-0.05, 0) is 50.9 Å². The van der Waals surface area contributed by atoms with Gasteiger partial charge in [0.25, 0.3) is 0 Å². The summed E-state index contributed by atoms with van der Waals surface area (Å²) in [6.07, 6.45) is 1.68. The number of piperidine rings is 1. The third kappa shape index (κ3) is 4.45. The molecule has 2 N–H and O–H groups in total. The summed E-state index contributed by atoms with van der Waals surface area (Å²) in [5.74, 6) is 0. The molecule has 1 saturated heterocycles. The second kappa shape index (κ2) is 6.70. The lowest BCUT2D eigenvalue weighted by Crippen LogP contribution is -2.46. The molecule has 2 rings (SSSR count). The first kappa shape index (κ1) is 16.4. The van der Waals surface area contributed by atoms with Crippen molar-refractivity contribution in [2.24, 2.45) is 0 Å². The highest BCUT2D eigenvalue weighted by Crippen LogP contribution is 2.15. The van der Waals surface area contributed by atoms with Gasteiger partial charge < -0.3 is 5.32 Å². The molecule has 1 heterocycles. The van der Waals surface area contributed by atoms with Crippen molar-refractivity contribution in [2.75, 3.05) is 6.54 Å². The van der Waals surface area contributed by atoms with Crippen molar-refractivity contribution < 1.29 is 8.42 Å². The molecule has 2 unspecified atom stereocenters. The van der Waals surface area contributed by atoms with E-state index in [-0.39, 0.29) is 18.4 Å². The molecule has 0 aromatic heterocycles. The van der Waals surface area contributed by atoms with Crippen molar-refractivity contribution >= 4 is 22.4 Å². The van der Waals surface area contributed by atoms with Crippen LogP contribution in [0.5, 0.6) is 0 Å². The monoisotopic (exact) mass is 304 g/mol. The summed E-state index contributed by atoms with van der Waals surface area (Å²) in [5.41, 5.74) is 0.955. The molecule has 19 heavy (non-hydrogen) atoms. The largest absolute Gasteiger partial charge is 0.314 e. The quantitative estimate of drug-likeness (QED) is 0.896.